The molecule has 1 aromatic carbocycles. The monoisotopic (exact) mass is 264 g/mol. The Hall–Kier alpha value is -1.55. The van der Waals surface area contributed by atoms with Crippen LogP contribution in [0.5, 0.6) is 5.75 Å². The van der Waals surface area contributed by atoms with Crippen molar-refractivity contribution in [1.29, 1.82) is 0 Å². The van der Waals surface area contributed by atoms with Crippen molar-refractivity contribution in [3.63, 3.8) is 0 Å². The predicted octanol–water partition coefficient (Wildman–Crippen LogP) is 1.87. The summed E-state index contributed by atoms with van der Waals surface area (Å²) in [7, 11) is 0. The predicted molar refractivity (Wildman–Crippen MR) is 77.2 cm³/mol. The topological polar surface area (TPSA) is 78.3 Å². The first kappa shape index (κ1) is 15.5. The van der Waals surface area contributed by atoms with Gasteiger partial charge in [-0.3, -0.25) is 4.79 Å². The largest absolute Gasteiger partial charge is 0.491 e. The van der Waals surface area contributed by atoms with Gasteiger partial charge in [-0.2, -0.15) is 0 Å². The van der Waals surface area contributed by atoms with Crippen LogP contribution in [0.4, 0.5) is 0 Å². The van der Waals surface area contributed by atoms with Crippen LogP contribution < -0.4 is 16.2 Å². The fourth-order valence-electron chi connectivity index (χ4n) is 1.58. The van der Waals surface area contributed by atoms with Gasteiger partial charge in [-0.25, -0.2) is 0 Å². The lowest BCUT2D eigenvalue weighted by atomic mass is 9.86. The molecule has 0 saturated carbocycles. The van der Waals surface area contributed by atoms with Gasteiger partial charge in [-0.05, 0) is 36.5 Å². The van der Waals surface area contributed by atoms with E-state index < -0.39 is 11.4 Å². The fraction of sp³-hybridized carbons (Fsp3) is 0.533. The molecule has 106 valence electrons. The van der Waals surface area contributed by atoms with E-state index in [9.17, 15) is 4.79 Å². The average Bonchev–Trinajstić information content (AvgIpc) is 2.25. The molecule has 4 nitrogen and oxygen atoms in total. The van der Waals surface area contributed by atoms with E-state index in [4.69, 9.17) is 16.2 Å². The third kappa shape index (κ3) is 3.96. The standard InChI is InChI=1S/C15H24N2O2/c1-10-8-11(14(2,3)4)6-7-12(10)19-9-15(5,17)13(16)18/h6-8H,9,17H2,1-5H3,(H2,16,18). The van der Waals surface area contributed by atoms with E-state index in [2.05, 4.69) is 26.8 Å². The molecule has 0 spiro atoms. The summed E-state index contributed by atoms with van der Waals surface area (Å²) in [5.74, 6) is 0.155. The highest BCUT2D eigenvalue weighted by molar-refractivity contribution is 5.84. The van der Waals surface area contributed by atoms with E-state index in [-0.39, 0.29) is 12.0 Å². The van der Waals surface area contributed by atoms with Crippen molar-refractivity contribution in [3.05, 3.63) is 29.3 Å². The summed E-state index contributed by atoms with van der Waals surface area (Å²) in [5.41, 5.74) is 12.2. The maximum absolute atomic E-state index is 11.1. The molecule has 0 radical (unpaired) electrons. The van der Waals surface area contributed by atoms with E-state index in [1.165, 1.54) is 5.56 Å². The van der Waals surface area contributed by atoms with Crippen molar-refractivity contribution in [2.45, 2.75) is 45.6 Å². The van der Waals surface area contributed by atoms with E-state index >= 15 is 0 Å². The molecular formula is C15H24N2O2. The Kier molecular flexibility index (Phi) is 4.25. The molecule has 19 heavy (non-hydrogen) atoms. The van der Waals surface area contributed by atoms with Gasteiger partial charge in [0.25, 0.3) is 0 Å². The van der Waals surface area contributed by atoms with E-state index in [1.54, 1.807) is 6.92 Å². The highest BCUT2D eigenvalue weighted by Crippen LogP contribution is 2.27. The second-order valence-corrected chi connectivity index (χ2v) is 6.30. The molecule has 0 aliphatic heterocycles. The number of primary amides is 1. The minimum Gasteiger partial charge on any atom is -0.491 e. The number of hydrogen-bond donors (Lipinski definition) is 2. The Balaban J connectivity index is 2.85. The molecule has 0 aromatic heterocycles. The smallest absolute Gasteiger partial charge is 0.240 e. The molecule has 1 atom stereocenters. The molecule has 0 saturated heterocycles. The summed E-state index contributed by atoms with van der Waals surface area (Å²) in [5, 5.41) is 0. The van der Waals surface area contributed by atoms with E-state index in [0.717, 1.165) is 11.3 Å². The fourth-order valence-corrected chi connectivity index (χ4v) is 1.58. The lowest BCUT2D eigenvalue weighted by molar-refractivity contribution is -0.123. The summed E-state index contributed by atoms with van der Waals surface area (Å²) >= 11 is 0. The molecule has 1 rings (SSSR count). The lowest BCUT2D eigenvalue weighted by Crippen LogP contribution is -2.53. The molecule has 0 heterocycles. The highest BCUT2D eigenvalue weighted by Gasteiger charge is 2.27. The van der Waals surface area contributed by atoms with Crippen LogP contribution in [0.1, 0.15) is 38.8 Å². The number of carbonyl (C=O) groups is 1. The Bertz CT molecular complexity index is 474. The number of benzene rings is 1. The SMILES string of the molecule is Cc1cc(C(C)(C)C)ccc1OCC(C)(N)C(N)=O. The normalized spacial score (nSPS) is 14.8. The zero-order valence-electron chi connectivity index (χ0n) is 12.4. The quantitative estimate of drug-likeness (QED) is 0.871. The number of aryl methyl sites for hydroxylation is 1. The Morgan fingerprint density at radius 3 is 2.26 bits per heavy atom. The summed E-state index contributed by atoms with van der Waals surface area (Å²) in [6, 6.07) is 6.03. The number of nitrogens with two attached hydrogens (primary N) is 2. The van der Waals surface area contributed by atoms with Gasteiger partial charge in [-0.1, -0.05) is 32.9 Å². The van der Waals surface area contributed by atoms with Crippen LogP contribution in [0, 0.1) is 6.92 Å². The van der Waals surface area contributed by atoms with Gasteiger partial charge in [-0.15, -0.1) is 0 Å². The molecule has 1 unspecified atom stereocenters. The van der Waals surface area contributed by atoms with Crippen molar-refractivity contribution in [2.24, 2.45) is 11.5 Å². The molecule has 1 amide bonds. The van der Waals surface area contributed by atoms with Gasteiger partial charge in [0.05, 0.1) is 0 Å². The Labute approximate surface area is 115 Å². The van der Waals surface area contributed by atoms with Crippen LogP contribution in [0.25, 0.3) is 0 Å². The Morgan fingerprint density at radius 2 is 1.84 bits per heavy atom. The zero-order valence-corrected chi connectivity index (χ0v) is 12.4. The summed E-state index contributed by atoms with van der Waals surface area (Å²) in [6.07, 6.45) is 0. The summed E-state index contributed by atoms with van der Waals surface area (Å²) in [6.45, 7) is 10.1. The van der Waals surface area contributed by atoms with Gasteiger partial charge >= 0.3 is 0 Å². The number of amides is 1. The zero-order chi connectivity index (χ0) is 14.8. The first-order valence-electron chi connectivity index (χ1n) is 6.37. The van der Waals surface area contributed by atoms with E-state index in [0.29, 0.717) is 0 Å². The molecule has 0 aliphatic rings. The van der Waals surface area contributed by atoms with Crippen molar-refractivity contribution < 1.29 is 9.53 Å². The molecule has 0 aliphatic carbocycles. The lowest BCUT2D eigenvalue weighted by Gasteiger charge is -2.23. The van der Waals surface area contributed by atoms with E-state index in [1.807, 2.05) is 19.1 Å². The van der Waals surface area contributed by atoms with Crippen LogP contribution in [-0.4, -0.2) is 18.1 Å². The van der Waals surface area contributed by atoms with Crippen LogP contribution in [0.3, 0.4) is 0 Å². The number of hydrogen-bond acceptors (Lipinski definition) is 3. The van der Waals surface area contributed by atoms with Gasteiger partial charge in [0.15, 0.2) is 0 Å². The van der Waals surface area contributed by atoms with Crippen molar-refractivity contribution >= 4 is 5.91 Å². The third-order valence-corrected chi connectivity index (χ3v) is 3.13. The average molecular weight is 264 g/mol. The molecule has 0 fully saturated rings. The van der Waals surface area contributed by atoms with Crippen LogP contribution in [0.15, 0.2) is 18.2 Å². The minimum atomic E-state index is -1.16. The molecular weight excluding hydrogens is 240 g/mol. The van der Waals surface area contributed by atoms with Crippen molar-refractivity contribution in [3.8, 4) is 5.75 Å². The van der Waals surface area contributed by atoms with Gasteiger partial charge in [0, 0.05) is 0 Å². The van der Waals surface area contributed by atoms with Gasteiger partial charge < -0.3 is 16.2 Å². The molecule has 4 N–H and O–H groups in total. The van der Waals surface area contributed by atoms with Gasteiger partial charge in [0.2, 0.25) is 5.91 Å². The maximum atomic E-state index is 11.1. The Morgan fingerprint density at radius 1 is 1.26 bits per heavy atom. The van der Waals surface area contributed by atoms with Crippen molar-refractivity contribution in [1.82, 2.24) is 0 Å². The van der Waals surface area contributed by atoms with Crippen LogP contribution >= 0.6 is 0 Å². The minimum absolute atomic E-state index is 0.0675. The molecule has 1 aromatic rings. The summed E-state index contributed by atoms with van der Waals surface area (Å²) < 4.78 is 5.60. The number of carbonyl (C=O) groups excluding carboxylic acids is 1. The van der Waals surface area contributed by atoms with Crippen molar-refractivity contribution in [2.75, 3.05) is 6.61 Å². The number of rotatable bonds is 4. The second kappa shape index (κ2) is 5.21. The third-order valence-electron chi connectivity index (χ3n) is 3.13. The first-order valence-corrected chi connectivity index (χ1v) is 6.37. The maximum Gasteiger partial charge on any atom is 0.240 e. The molecule has 0 bridgehead atoms. The second-order valence-electron chi connectivity index (χ2n) is 6.30. The van der Waals surface area contributed by atoms with Crippen LogP contribution in [-0.2, 0) is 10.2 Å². The first-order chi connectivity index (χ1) is 8.54. The van der Waals surface area contributed by atoms with Gasteiger partial charge in [0.1, 0.15) is 17.9 Å². The number of ether oxygens (including phenoxy) is 1. The molecule has 4 heteroatoms. The summed E-state index contributed by atoms with van der Waals surface area (Å²) in [4.78, 5) is 11.1. The highest BCUT2D eigenvalue weighted by atomic mass is 16.5. The van der Waals surface area contributed by atoms with Crippen LogP contribution in [0.2, 0.25) is 0 Å².